The highest BCUT2D eigenvalue weighted by Crippen LogP contribution is 2.29. The number of aromatic nitrogens is 2. The number of nitrogens with one attached hydrogen (secondary N) is 1. The molecule has 2 N–H and O–H groups in total. The van der Waals surface area contributed by atoms with Crippen LogP contribution in [0.4, 0.5) is 0 Å². The van der Waals surface area contributed by atoms with Gasteiger partial charge in [-0.25, -0.2) is 4.79 Å². The van der Waals surface area contributed by atoms with Crippen molar-refractivity contribution in [3.8, 4) is 11.3 Å². The topological polar surface area (TPSA) is 79.1 Å². The lowest BCUT2D eigenvalue weighted by Crippen LogP contribution is -1.94. The van der Waals surface area contributed by atoms with Crippen LogP contribution in [-0.2, 0) is 0 Å². The standard InChI is InChI=1S/C13H10N2O3/c1-7-2-3-10-8(4-7)9(6-14-10)12-5-11(13(16)17)15-18-12/h2-6,14H,1H3,(H,16,17). The Kier molecular flexibility index (Phi) is 2.19. The first-order valence-corrected chi connectivity index (χ1v) is 5.43. The average molecular weight is 242 g/mol. The zero-order chi connectivity index (χ0) is 12.7. The summed E-state index contributed by atoms with van der Waals surface area (Å²) in [5.41, 5.74) is 2.82. The van der Waals surface area contributed by atoms with Gasteiger partial charge < -0.3 is 14.6 Å². The van der Waals surface area contributed by atoms with E-state index >= 15 is 0 Å². The average Bonchev–Trinajstić information content (AvgIpc) is 2.93. The Morgan fingerprint density at radius 1 is 1.39 bits per heavy atom. The van der Waals surface area contributed by atoms with Gasteiger partial charge in [0.25, 0.3) is 0 Å². The number of nitrogens with zero attached hydrogens (tertiary/aromatic N) is 1. The van der Waals surface area contributed by atoms with Gasteiger partial charge in [-0.2, -0.15) is 0 Å². The van der Waals surface area contributed by atoms with E-state index in [-0.39, 0.29) is 5.69 Å². The third-order valence-corrected chi connectivity index (χ3v) is 2.83. The lowest BCUT2D eigenvalue weighted by molar-refractivity contribution is 0.0686. The number of fused-ring (bicyclic) bond motifs is 1. The number of carbonyl (C=O) groups is 1. The second-order valence-corrected chi connectivity index (χ2v) is 4.13. The van der Waals surface area contributed by atoms with Gasteiger partial charge in [-0.05, 0) is 19.1 Å². The van der Waals surface area contributed by atoms with Crippen LogP contribution >= 0.6 is 0 Å². The van der Waals surface area contributed by atoms with Crippen molar-refractivity contribution in [3.63, 3.8) is 0 Å². The van der Waals surface area contributed by atoms with Crippen molar-refractivity contribution in [1.29, 1.82) is 0 Å². The summed E-state index contributed by atoms with van der Waals surface area (Å²) < 4.78 is 5.07. The van der Waals surface area contributed by atoms with E-state index in [1.165, 1.54) is 6.07 Å². The van der Waals surface area contributed by atoms with Crippen molar-refractivity contribution >= 4 is 16.9 Å². The number of carboxylic acids is 1. The molecule has 2 heterocycles. The first-order chi connectivity index (χ1) is 8.65. The largest absolute Gasteiger partial charge is 0.476 e. The SMILES string of the molecule is Cc1ccc2[nH]cc(-c3cc(C(=O)O)no3)c2c1. The fraction of sp³-hybridized carbons (Fsp3) is 0.0769. The number of hydrogen-bond donors (Lipinski definition) is 2. The molecule has 0 spiro atoms. The monoisotopic (exact) mass is 242 g/mol. The Morgan fingerprint density at radius 2 is 2.22 bits per heavy atom. The predicted octanol–water partition coefficient (Wildman–Crippen LogP) is 2.83. The summed E-state index contributed by atoms with van der Waals surface area (Å²) in [6.45, 7) is 2.00. The molecule has 0 bridgehead atoms. The van der Waals surface area contributed by atoms with Crippen LogP contribution in [0.3, 0.4) is 0 Å². The maximum atomic E-state index is 10.8. The summed E-state index contributed by atoms with van der Waals surface area (Å²) in [6, 6.07) is 7.42. The molecule has 0 radical (unpaired) electrons. The molecule has 0 aliphatic heterocycles. The number of H-pyrrole nitrogens is 1. The summed E-state index contributed by atoms with van der Waals surface area (Å²) in [6.07, 6.45) is 1.79. The number of hydrogen-bond acceptors (Lipinski definition) is 3. The number of aryl methyl sites for hydroxylation is 1. The Bertz CT molecular complexity index is 740. The molecule has 0 amide bonds. The van der Waals surface area contributed by atoms with Crippen LogP contribution in [0.1, 0.15) is 16.1 Å². The number of aromatic carboxylic acids is 1. The molecule has 90 valence electrons. The quantitative estimate of drug-likeness (QED) is 0.724. The highest BCUT2D eigenvalue weighted by atomic mass is 16.5. The van der Waals surface area contributed by atoms with Crippen LogP contribution < -0.4 is 0 Å². The van der Waals surface area contributed by atoms with E-state index in [1.54, 1.807) is 6.20 Å². The molecule has 1 aromatic carbocycles. The first-order valence-electron chi connectivity index (χ1n) is 5.43. The van der Waals surface area contributed by atoms with E-state index < -0.39 is 5.97 Å². The highest BCUT2D eigenvalue weighted by Gasteiger charge is 2.15. The summed E-state index contributed by atoms with van der Waals surface area (Å²) in [5.74, 6) is -0.648. The number of benzene rings is 1. The van der Waals surface area contributed by atoms with Crippen molar-refractivity contribution in [1.82, 2.24) is 10.1 Å². The second-order valence-electron chi connectivity index (χ2n) is 4.13. The van der Waals surface area contributed by atoms with Crippen LogP contribution in [0.5, 0.6) is 0 Å². The molecule has 18 heavy (non-hydrogen) atoms. The maximum absolute atomic E-state index is 10.8. The Morgan fingerprint density at radius 3 is 2.94 bits per heavy atom. The van der Waals surface area contributed by atoms with Gasteiger partial charge in [-0.3, -0.25) is 0 Å². The van der Waals surface area contributed by atoms with Crippen molar-refractivity contribution < 1.29 is 14.4 Å². The van der Waals surface area contributed by atoms with E-state index in [9.17, 15) is 4.79 Å². The van der Waals surface area contributed by atoms with E-state index in [0.29, 0.717) is 5.76 Å². The van der Waals surface area contributed by atoms with Gasteiger partial charge in [0.15, 0.2) is 11.5 Å². The smallest absolute Gasteiger partial charge is 0.358 e. The minimum Gasteiger partial charge on any atom is -0.476 e. The minimum atomic E-state index is -1.10. The predicted molar refractivity (Wildman–Crippen MR) is 65.5 cm³/mol. The lowest BCUT2D eigenvalue weighted by atomic mass is 10.1. The molecule has 5 nitrogen and oxygen atoms in total. The molecule has 0 unspecified atom stereocenters. The van der Waals surface area contributed by atoms with E-state index in [2.05, 4.69) is 10.1 Å². The summed E-state index contributed by atoms with van der Waals surface area (Å²) in [4.78, 5) is 13.9. The number of rotatable bonds is 2. The fourth-order valence-electron chi connectivity index (χ4n) is 1.94. The molecular formula is C13H10N2O3. The lowest BCUT2D eigenvalue weighted by Gasteiger charge is -1.95. The van der Waals surface area contributed by atoms with E-state index in [1.807, 2.05) is 25.1 Å². The molecule has 0 aliphatic carbocycles. The van der Waals surface area contributed by atoms with E-state index in [0.717, 1.165) is 22.0 Å². The van der Waals surface area contributed by atoms with Gasteiger partial charge >= 0.3 is 5.97 Å². The molecular weight excluding hydrogens is 232 g/mol. The van der Waals surface area contributed by atoms with Crippen molar-refractivity contribution in [3.05, 3.63) is 41.7 Å². The highest BCUT2D eigenvalue weighted by molar-refractivity contribution is 5.95. The Labute approximate surface area is 102 Å². The molecule has 3 rings (SSSR count). The molecule has 0 atom stereocenters. The fourth-order valence-corrected chi connectivity index (χ4v) is 1.94. The third-order valence-electron chi connectivity index (χ3n) is 2.83. The van der Waals surface area contributed by atoms with Crippen LogP contribution in [-0.4, -0.2) is 21.2 Å². The Balaban J connectivity index is 2.18. The molecule has 2 aromatic heterocycles. The van der Waals surface area contributed by atoms with Crippen LogP contribution in [0.2, 0.25) is 0 Å². The molecule has 0 saturated carbocycles. The van der Waals surface area contributed by atoms with Crippen molar-refractivity contribution in [2.75, 3.05) is 0 Å². The first kappa shape index (κ1) is 10.6. The van der Waals surface area contributed by atoms with Gasteiger partial charge in [0, 0.05) is 28.7 Å². The molecule has 0 aliphatic rings. The number of aromatic amines is 1. The van der Waals surface area contributed by atoms with Gasteiger partial charge in [0.1, 0.15) is 0 Å². The van der Waals surface area contributed by atoms with Gasteiger partial charge in [-0.15, -0.1) is 0 Å². The van der Waals surface area contributed by atoms with Crippen LogP contribution in [0.25, 0.3) is 22.2 Å². The van der Waals surface area contributed by atoms with Gasteiger partial charge in [-0.1, -0.05) is 16.8 Å². The molecule has 3 aromatic rings. The van der Waals surface area contributed by atoms with Crippen LogP contribution in [0.15, 0.2) is 35.0 Å². The maximum Gasteiger partial charge on any atom is 0.358 e. The Hall–Kier alpha value is -2.56. The summed E-state index contributed by atoms with van der Waals surface area (Å²) >= 11 is 0. The minimum absolute atomic E-state index is 0.0907. The summed E-state index contributed by atoms with van der Waals surface area (Å²) in [7, 11) is 0. The van der Waals surface area contributed by atoms with Crippen molar-refractivity contribution in [2.24, 2.45) is 0 Å². The van der Waals surface area contributed by atoms with Crippen LogP contribution in [0, 0.1) is 6.92 Å². The summed E-state index contributed by atoms with van der Waals surface area (Å²) in [5, 5.41) is 13.3. The third kappa shape index (κ3) is 1.57. The second kappa shape index (κ2) is 3.73. The van der Waals surface area contributed by atoms with Gasteiger partial charge in [0.2, 0.25) is 0 Å². The normalized spacial score (nSPS) is 10.9. The zero-order valence-electron chi connectivity index (χ0n) is 9.60. The van der Waals surface area contributed by atoms with Crippen molar-refractivity contribution in [2.45, 2.75) is 6.92 Å². The van der Waals surface area contributed by atoms with E-state index in [4.69, 9.17) is 9.63 Å². The van der Waals surface area contributed by atoms with Gasteiger partial charge in [0.05, 0.1) is 0 Å². The molecule has 0 fully saturated rings. The molecule has 0 saturated heterocycles. The zero-order valence-corrected chi connectivity index (χ0v) is 9.60. The molecule has 5 heteroatoms. The number of carboxylic acid groups (broad SMARTS) is 1.